The van der Waals surface area contributed by atoms with Gasteiger partial charge in [0.15, 0.2) is 0 Å². The number of pyridine rings is 1. The molecular weight excluding hydrogens is 458 g/mol. The second-order valence-corrected chi connectivity index (χ2v) is 8.68. The predicted molar refractivity (Wildman–Crippen MR) is 122 cm³/mol. The SMILES string of the molecule is Cc1ccccc1-n1ncc(C(=O)N2CCC(C(=O)Nc3ccc(Br)cn3)CC2)c1C. The number of aromatic nitrogens is 3. The third-order valence-corrected chi connectivity index (χ3v) is 6.18. The summed E-state index contributed by atoms with van der Waals surface area (Å²) < 4.78 is 2.67. The number of carbonyl (C=O) groups is 2. The molecule has 0 saturated carbocycles. The normalized spacial score (nSPS) is 14.5. The van der Waals surface area contributed by atoms with Crippen LogP contribution in [0.5, 0.6) is 0 Å². The fourth-order valence-electron chi connectivity index (χ4n) is 3.86. The van der Waals surface area contributed by atoms with E-state index in [1.807, 2.05) is 53.8 Å². The summed E-state index contributed by atoms with van der Waals surface area (Å²) in [5, 5.41) is 7.32. The Morgan fingerprint density at radius 3 is 2.48 bits per heavy atom. The van der Waals surface area contributed by atoms with Gasteiger partial charge in [-0.3, -0.25) is 9.59 Å². The standard InChI is InChI=1S/C23H24BrN5O2/c1-15-5-3-4-6-20(15)29-16(2)19(14-26-29)23(31)28-11-9-17(10-12-28)22(30)27-21-8-7-18(24)13-25-21/h3-8,13-14,17H,9-12H2,1-2H3,(H,25,27,30). The first-order chi connectivity index (χ1) is 14.9. The van der Waals surface area contributed by atoms with Gasteiger partial charge in [-0.25, -0.2) is 9.67 Å². The zero-order valence-electron chi connectivity index (χ0n) is 17.5. The lowest BCUT2D eigenvalue weighted by atomic mass is 9.95. The monoisotopic (exact) mass is 481 g/mol. The van der Waals surface area contributed by atoms with E-state index in [2.05, 4.69) is 31.3 Å². The van der Waals surface area contributed by atoms with Gasteiger partial charge in [-0.15, -0.1) is 0 Å². The molecule has 1 saturated heterocycles. The van der Waals surface area contributed by atoms with Gasteiger partial charge in [0.2, 0.25) is 5.91 Å². The Balaban J connectivity index is 1.39. The average molecular weight is 482 g/mol. The first kappa shape index (κ1) is 21.2. The van der Waals surface area contributed by atoms with E-state index in [0.717, 1.165) is 21.4 Å². The van der Waals surface area contributed by atoms with Crippen molar-refractivity contribution in [2.45, 2.75) is 26.7 Å². The summed E-state index contributed by atoms with van der Waals surface area (Å²) in [7, 11) is 0. The van der Waals surface area contributed by atoms with Crippen molar-refractivity contribution in [3.63, 3.8) is 0 Å². The van der Waals surface area contributed by atoms with Crippen molar-refractivity contribution in [2.75, 3.05) is 18.4 Å². The van der Waals surface area contributed by atoms with E-state index in [1.54, 1.807) is 18.5 Å². The van der Waals surface area contributed by atoms with E-state index in [-0.39, 0.29) is 17.7 Å². The maximum atomic E-state index is 13.1. The second-order valence-electron chi connectivity index (χ2n) is 7.76. The van der Waals surface area contributed by atoms with Crippen LogP contribution in [0.15, 0.2) is 53.3 Å². The van der Waals surface area contributed by atoms with Crippen molar-refractivity contribution in [2.24, 2.45) is 5.92 Å². The predicted octanol–water partition coefficient (Wildman–Crippen LogP) is 4.14. The fraction of sp³-hybridized carbons (Fsp3) is 0.304. The van der Waals surface area contributed by atoms with Gasteiger partial charge in [-0.05, 0) is 66.4 Å². The van der Waals surface area contributed by atoms with Crippen LogP contribution in [0.25, 0.3) is 5.69 Å². The molecule has 8 heteroatoms. The Labute approximate surface area is 189 Å². The lowest BCUT2D eigenvalue weighted by Crippen LogP contribution is -2.41. The van der Waals surface area contributed by atoms with Gasteiger partial charge in [0.1, 0.15) is 5.82 Å². The molecule has 3 heterocycles. The number of hydrogen-bond donors (Lipinski definition) is 1. The van der Waals surface area contributed by atoms with E-state index in [9.17, 15) is 9.59 Å². The number of likely N-dealkylation sites (tertiary alicyclic amines) is 1. The molecule has 2 amide bonds. The van der Waals surface area contributed by atoms with E-state index < -0.39 is 0 Å². The van der Waals surface area contributed by atoms with Crippen LogP contribution in [0, 0.1) is 19.8 Å². The summed E-state index contributed by atoms with van der Waals surface area (Å²) in [4.78, 5) is 31.7. The lowest BCUT2D eigenvalue weighted by Gasteiger charge is -2.31. The Hall–Kier alpha value is -3.00. The molecule has 160 valence electrons. The molecule has 1 aliphatic rings. The molecule has 31 heavy (non-hydrogen) atoms. The van der Waals surface area contributed by atoms with Crippen LogP contribution in [0.4, 0.5) is 5.82 Å². The number of carbonyl (C=O) groups excluding carboxylic acids is 2. The highest BCUT2D eigenvalue weighted by Crippen LogP contribution is 2.23. The number of rotatable bonds is 4. The van der Waals surface area contributed by atoms with Gasteiger partial charge >= 0.3 is 0 Å². The van der Waals surface area contributed by atoms with Gasteiger partial charge in [0.25, 0.3) is 5.91 Å². The molecule has 1 aromatic carbocycles. The Morgan fingerprint density at radius 2 is 1.81 bits per heavy atom. The Kier molecular flexibility index (Phi) is 6.18. The van der Waals surface area contributed by atoms with Gasteiger partial charge in [-0.1, -0.05) is 18.2 Å². The van der Waals surface area contributed by atoms with Crippen LogP contribution in [0.3, 0.4) is 0 Å². The number of amides is 2. The summed E-state index contributed by atoms with van der Waals surface area (Å²) in [5.41, 5.74) is 3.49. The van der Waals surface area contributed by atoms with E-state index >= 15 is 0 Å². The summed E-state index contributed by atoms with van der Waals surface area (Å²) >= 11 is 3.33. The maximum absolute atomic E-state index is 13.1. The van der Waals surface area contributed by atoms with Crippen LogP contribution in [-0.2, 0) is 4.79 Å². The maximum Gasteiger partial charge on any atom is 0.257 e. The molecule has 1 fully saturated rings. The van der Waals surface area contributed by atoms with Gasteiger partial charge in [0, 0.05) is 29.7 Å². The smallest absolute Gasteiger partial charge is 0.257 e. The minimum absolute atomic E-state index is 0.0363. The highest BCUT2D eigenvalue weighted by molar-refractivity contribution is 9.10. The number of aryl methyl sites for hydroxylation is 1. The first-order valence-corrected chi connectivity index (χ1v) is 11.1. The largest absolute Gasteiger partial charge is 0.338 e. The van der Waals surface area contributed by atoms with Gasteiger partial charge in [-0.2, -0.15) is 5.10 Å². The number of piperidine rings is 1. The molecule has 1 aliphatic heterocycles. The molecular formula is C23H24BrN5O2. The topological polar surface area (TPSA) is 80.1 Å². The number of nitrogens with zero attached hydrogens (tertiary/aromatic N) is 4. The lowest BCUT2D eigenvalue weighted by molar-refractivity contribution is -0.121. The highest BCUT2D eigenvalue weighted by Gasteiger charge is 2.29. The minimum Gasteiger partial charge on any atom is -0.338 e. The molecule has 1 N–H and O–H groups in total. The van der Waals surface area contributed by atoms with Crippen LogP contribution in [0.1, 0.15) is 34.5 Å². The summed E-state index contributed by atoms with van der Waals surface area (Å²) in [6.45, 7) is 5.02. The quantitative estimate of drug-likeness (QED) is 0.607. The number of hydrogen-bond acceptors (Lipinski definition) is 4. The average Bonchev–Trinajstić information content (AvgIpc) is 3.16. The van der Waals surface area contributed by atoms with Gasteiger partial charge in [0.05, 0.1) is 23.1 Å². The minimum atomic E-state index is -0.134. The molecule has 0 atom stereocenters. The molecule has 0 spiro atoms. The van der Waals surface area contributed by atoms with Crippen molar-refractivity contribution in [3.8, 4) is 5.69 Å². The second kappa shape index (κ2) is 9.01. The summed E-state index contributed by atoms with van der Waals surface area (Å²) in [6.07, 6.45) is 4.54. The van der Waals surface area contributed by atoms with E-state index in [4.69, 9.17) is 0 Å². The zero-order chi connectivity index (χ0) is 22.0. The molecule has 0 bridgehead atoms. The Bertz CT molecular complexity index is 1100. The highest BCUT2D eigenvalue weighted by atomic mass is 79.9. The third-order valence-electron chi connectivity index (χ3n) is 5.72. The molecule has 0 radical (unpaired) electrons. The third kappa shape index (κ3) is 4.54. The van der Waals surface area contributed by atoms with Gasteiger partial charge < -0.3 is 10.2 Å². The van der Waals surface area contributed by atoms with Crippen molar-refractivity contribution < 1.29 is 9.59 Å². The van der Waals surface area contributed by atoms with Crippen molar-refractivity contribution in [1.29, 1.82) is 0 Å². The van der Waals surface area contributed by atoms with Crippen LogP contribution in [0.2, 0.25) is 0 Å². The molecule has 7 nitrogen and oxygen atoms in total. The number of halogens is 1. The van der Waals surface area contributed by atoms with Crippen molar-refractivity contribution >= 4 is 33.6 Å². The summed E-state index contributed by atoms with van der Waals surface area (Å²) in [5.74, 6) is 0.312. The summed E-state index contributed by atoms with van der Waals surface area (Å²) in [6, 6.07) is 11.6. The molecule has 2 aromatic heterocycles. The number of anilines is 1. The number of nitrogens with one attached hydrogen (secondary N) is 1. The number of benzene rings is 1. The van der Waals surface area contributed by atoms with E-state index in [1.165, 1.54) is 0 Å². The van der Waals surface area contributed by atoms with Crippen LogP contribution < -0.4 is 5.32 Å². The fourth-order valence-corrected chi connectivity index (χ4v) is 4.09. The number of para-hydroxylation sites is 1. The molecule has 4 rings (SSSR count). The Morgan fingerprint density at radius 1 is 1.06 bits per heavy atom. The zero-order valence-corrected chi connectivity index (χ0v) is 19.1. The molecule has 0 unspecified atom stereocenters. The van der Waals surface area contributed by atoms with Crippen LogP contribution >= 0.6 is 15.9 Å². The first-order valence-electron chi connectivity index (χ1n) is 10.3. The van der Waals surface area contributed by atoms with Crippen molar-refractivity contribution in [3.05, 3.63) is 70.1 Å². The van der Waals surface area contributed by atoms with Crippen molar-refractivity contribution in [1.82, 2.24) is 19.7 Å². The van der Waals surface area contributed by atoms with E-state index in [0.29, 0.717) is 37.3 Å². The molecule has 3 aromatic rings. The van der Waals surface area contributed by atoms with Crippen LogP contribution in [-0.4, -0.2) is 44.6 Å². The molecule has 0 aliphatic carbocycles.